The predicted octanol–water partition coefficient (Wildman–Crippen LogP) is 3.94. The van der Waals surface area contributed by atoms with Crippen molar-refractivity contribution in [1.29, 1.82) is 0 Å². The second-order valence-electron chi connectivity index (χ2n) is 6.05. The van der Waals surface area contributed by atoms with E-state index in [1.54, 1.807) is 38.2 Å². The molecule has 3 aromatic rings. The first kappa shape index (κ1) is 17.7. The number of carbonyl (C=O) groups excluding carboxylic acids is 2. The van der Waals surface area contributed by atoms with Gasteiger partial charge in [-0.05, 0) is 42.8 Å². The van der Waals surface area contributed by atoms with Gasteiger partial charge in [-0.3, -0.25) is 4.79 Å². The molecule has 26 heavy (non-hydrogen) atoms. The predicted molar refractivity (Wildman–Crippen MR) is 94.5 cm³/mol. The maximum Gasteiger partial charge on any atom is 0.337 e. The normalized spacial score (nSPS) is 10.8. The van der Waals surface area contributed by atoms with E-state index in [4.69, 9.17) is 4.42 Å². The number of rotatable bonds is 4. The van der Waals surface area contributed by atoms with Gasteiger partial charge in [-0.1, -0.05) is 12.1 Å². The molecule has 0 aliphatic heterocycles. The third-order valence-corrected chi connectivity index (χ3v) is 4.23. The highest BCUT2D eigenvalue weighted by atomic mass is 19.1. The van der Waals surface area contributed by atoms with Crippen molar-refractivity contribution in [2.24, 2.45) is 0 Å². The van der Waals surface area contributed by atoms with Crippen molar-refractivity contribution in [1.82, 2.24) is 4.90 Å². The summed E-state index contributed by atoms with van der Waals surface area (Å²) in [5.74, 6) is -0.888. The number of benzene rings is 2. The van der Waals surface area contributed by atoms with Gasteiger partial charge in [0.15, 0.2) is 5.76 Å². The number of aryl methyl sites for hydroxylation is 1. The molecule has 0 N–H and O–H groups in total. The van der Waals surface area contributed by atoms with E-state index in [0.29, 0.717) is 28.6 Å². The van der Waals surface area contributed by atoms with Crippen molar-refractivity contribution in [2.75, 3.05) is 14.2 Å². The van der Waals surface area contributed by atoms with Crippen LogP contribution in [0, 0.1) is 12.7 Å². The Balaban J connectivity index is 1.80. The number of ether oxygens (including phenoxy) is 1. The molecule has 3 rings (SSSR count). The van der Waals surface area contributed by atoms with Crippen LogP contribution < -0.4 is 0 Å². The lowest BCUT2D eigenvalue weighted by atomic mass is 10.1. The molecule has 0 saturated heterocycles. The number of nitrogens with zero attached hydrogens (tertiary/aromatic N) is 1. The molecule has 0 spiro atoms. The minimum atomic E-state index is -0.411. The minimum Gasteiger partial charge on any atom is -0.465 e. The van der Waals surface area contributed by atoms with Crippen LogP contribution in [0.4, 0.5) is 4.39 Å². The molecule has 0 aliphatic carbocycles. The Morgan fingerprint density at radius 2 is 1.85 bits per heavy atom. The molecule has 0 aliphatic rings. The number of amides is 1. The topological polar surface area (TPSA) is 59.8 Å². The van der Waals surface area contributed by atoms with Crippen LogP contribution in [0.25, 0.3) is 11.0 Å². The highest BCUT2D eigenvalue weighted by Gasteiger charge is 2.21. The second kappa shape index (κ2) is 7.00. The summed E-state index contributed by atoms with van der Waals surface area (Å²) in [6, 6.07) is 11.0. The molecule has 2 aromatic carbocycles. The lowest BCUT2D eigenvalue weighted by molar-refractivity contribution is 0.0600. The summed E-state index contributed by atoms with van der Waals surface area (Å²) in [5, 5.41) is 0.587. The van der Waals surface area contributed by atoms with E-state index in [-0.39, 0.29) is 17.5 Å². The van der Waals surface area contributed by atoms with E-state index in [9.17, 15) is 14.0 Å². The summed E-state index contributed by atoms with van der Waals surface area (Å²) in [7, 11) is 2.98. The van der Waals surface area contributed by atoms with Crippen LogP contribution in [-0.4, -0.2) is 30.9 Å². The first-order chi connectivity index (χ1) is 12.4. The van der Waals surface area contributed by atoms with Gasteiger partial charge in [0, 0.05) is 24.5 Å². The average Bonchev–Trinajstić information content (AvgIpc) is 2.97. The molecule has 0 saturated carbocycles. The summed E-state index contributed by atoms with van der Waals surface area (Å²) in [6.45, 7) is 2.07. The SMILES string of the molecule is COC(=O)c1ccc(CN(C)C(=O)c2oc3ccc(F)cc3c2C)cc1. The summed E-state index contributed by atoms with van der Waals surface area (Å²) >= 11 is 0. The Labute approximate surface area is 150 Å². The number of fused-ring (bicyclic) bond motifs is 1. The van der Waals surface area contributed by atoms with Gasteiger partial charge in [0.2, 0.25) is 0 Å². The summed E-state index contributed by atoms with van der Waals surface area (Å²) in [6.07, 6.45) is 0. The number of halogens is 1. The van der Waals surface area contributed by atoms with Crippen molar-refractivity contribution in [3.8, 4) is 0 Å². The van der Waals surface area contributed by atoms with E-state index in [1.807, 2.05) is 0 Å². The number of hydrogen-bond donors (Lipinski definition) is 0. The lowest BCUT2D eigenvalue weighted by Crippen LogP contribution is -2.26. The third-order valence-electron chi connectivity index (χ3n) is 4.23. The van der Waals surface area contributed by atoms with Crippen LogP contribution in [-0.2, 0) is 11.3 Å². The monoisotopic (exact) mass is 355 g/mol. The van der Waals surface area contributed by atoms with Gasteiger partial charge >= 0.3 is 5.97 Å². The van der Waals surface area contributed by atoms with E-state index in [1.165, 1.54) is 30.2 Å². The molecule has 0 fully saturated rings. The fourth-order valence-corrected chi connectivity index (χ4v) is 2.78. The maximum absolute atomic E-state index is 13.4. The van der Waals surface area contributed by atoms with Gasteiger partial charge in [-0.25, -0.2) is 9.18 Å². The van der Waals surface area contributed by atoms with E-state index in [0.717, 1.165) is 5.56 Å². The van der Waals surface area contributed by atoms with Crippen molar-refractivity contribution in [2.45, 2.75) is 13.5 Å². The Morgan fingerprint density at radius 3 is 2.50 bits per heavy atom. The smallest absolute Gasteiger partial charge is 0.337 e. The van der Waals surface area contributed by atoms with Gasteiger partial charge in [0.1, 0.15) is 11.4 Å². The molecule has 0 bridgehead atoms. The first-order valence-electron chi connectivity index (χ1n) is 8.02. The van der Waals surface area contributed by atoms with Gasteiger partial charge < -0.3 is 14.1 Å². The summed E-state index contributed by atoms with van der Waals surface area (Å²) < 4.78 is 23.7. The molecule has 0 unspecified atom stereocenters. The number of esters is 1. The number of hydrogen-bond acceptors (Lipinski definition) is 4. The zero-order chi connectivity index (χ0) is 18.8. The molecular weight excluding hydrogens is 337 g/mol. The standard InChI is InChI=1S/C20H18FNO4/c1-12-16-10-15(21)8-9-17(16)26-18(12)19(23)22(2)11-13-4-6-14(7-5-13)20(24)25-3/h4-10H,11H2,1-3H3. The van der Waals surface area contributed by atoms with Crippen molar-refractivity contribution in [3.05, 3.63) is 70.7 Å². The molecule has 134 valence electrons. The minimum absolute atomic E-state index is 0.194. The average molecular weight is 355 g/mol. The lowest BCUT2D eigenvalue weighted by Gasteiger charge is -2.16. The molecule has 1 aromatic heterocycles. The molecule has 1 amide bonds. The van der Waals surface area contributed by atoms with Gasteiger partial charge in [-0.15, -0.1) is 0 Å². The number of furan rings is 1. The van der Waals surface area contributed by atoms with Crippen LogP contribution in [0.3, 0.4) is 0 Å². The fraction of sp³-hybridized carbons (Fsp3) is 0.200. The quantitative estimate of drug-likeness (QED) is 0.665. The zero-order valence-electron chi connectivity index (χ0n) is 14.7. The van der Waals surface area contributed by atoms with Crippen LogP contribution in [0.1, 0.15) is 32.0 Å². The summed E-state index contributed by atoms with van der Waals surface area (Å²) in [4.78, 5) is 25.7. The largest absolute Gasteiger partial charge is 0.465 e. The molecule has 1 heterocycles. The van der Waals surface area contributed by atoms with Crippen LogP contribution >= 0.6 is 0 Å². The van der Waals surface area contributed by atoms with Crippen LogP contribution in [0.2, 0.25) is 0 Å². The first-order valence-corrected chi connectivity index (χ1v) is 8.02. The van der Waals surface area contributed by atoms with E-state index < -0.39 is 5.97 Å². The van der Waals surface area contributed by atoms with Gasteiger partial charge in [-0.2, -0.15) is 0 Å². The van der Waals surface area contributed by atoms with Crippen molar-refractivity contribution < 1.29 is 23.1 Å². The molecule has 6 heteroatoms. The Kier molecular flexibility index (Phi) is 4.75. The maximum atomic E-state index is 13.4. The van der Waals surface area contributed by atoms with Crippen molar-refractivity contribution >= 4 is 22.8 Å². The Bertz CT molecular complexity index is 975. The van der Waals surface area contributed by atoms with Crippen LogP contribution in [0.15, 0.2) is 46.9 Å². The van der Waals surface area contributed by atoms with E-state index in [2.05, 4.69) is 4.74 Å². The van der Waals surface area contributed by atoms with Gasteiger partial charge in [0.25, 0.3) is 5.91 Å². The number of methoxy groups -OCH3 is 1. The van der Waals surface area contributed by atoms with Crippen molar-refractivity contribution in [3.63, 3.8) is 0 Å². The third kappa shape index (κ3) is 3.31. The Morgan fingerprint density at radius 1 is 1.15 bits per heavy atom. The molecule has 5 nitrogen and oxygen atoms in total. The second-order valence-corrected chi connectivity index (χ2v) is 6.05. The number of carbonyl (C=O) groups is 2. The molecule has 0 radical (unpaired) electrons. The molecular formula is C20H18FNO4. The Hall–Kier alpha value is -3.15. The highest BCUT2D eigenvalue weighted by Crippen LogP contribution is 2.27. The molecule has 0 atom stereocenters. The highest BCUT2D eigenvalue weighted by molar-refractivity contribution is 5.98. The summed E-state index contributed by atoms with van der Waals surface area (Å²) in [5.41, 5.74) is 2.38. The van der Waals surface area contributed by atoms with Gasteiger partial charge in [0.05, 0.1) is 12.7 Å². The zero-order valence-corrected chi connectivity index (χ0v) is 14.7. The van der Waals surface area contributed by atoms with Crippen LogP contribution in [0.5, 0.6) is 0 Å². The van der Waals surface area contributed by atoms with E-state index >= 15 is 0 Å². The fourth-order valence-electron chi connectivity index (χ4n) is 2.78.